The van der Waals surface area contributed by atoms with Crippen molar-refractivity contribution in [2.75, 3.05) is 32.8 Å². The molecular weight excluding hydrogens is 311 g/mol. The van der Waals surface area contributed by atoms with Crippen molar-refractivity contribution in [3.05, 3.63) is 29.8 Å². The SMILES string of the molecule is OCC1CCN(CC(O)COc2cccc(C(F)(F)F)c2)CC1. The number of benzene rings is 1. The fourth-order valence-corrected chi connectivity index (χ4v) is 2.66. The summed E-state index contributed by atoms with van der Waals surface area (Å²) in [5.74, 6) is 0.419. The van der Waals surface area contributed by atoms with Crippen LogP contribution >= 0.6 is 0 Å². The average Bonchev–Trinajstić information content (AvgIpc) is 2.53. The Morgan fingerprint density at radius 1 is 1.26 bits per heavy atom. The number of nitrogens with zero attached hydrogens (tertiary/aromatic N) is 1. The molecule has 1 aliphatic heterocycles. The van der Waals surface area contributed by atoms with Crippen molar-refractivity contribution >= 4 is 0 Å². The Hall–Kier alpha value is -1.31. The zero-order valence-electron chi connectivity index (χ0n) is 12.8. The lowest BCUT2D eigenvalue weighted by Crippen LogP contribution is -2.41. The van der Waals surface area contributed by atoms with Crippen molar-refractivity contribution in [2.45, 2.75) is 25.1 Å². The summed E-state index contributed by atoms with van der Waals surface area (Å²) in [7, 11) is 0. The van der Waals surface area contributed by atoms with Crippen molar-refractivity contribution in [3.8, 4) is 5.75 Å². The Morgan fingerprint density at radius 2 is 1.96 bits per heavy atom. The maximum absolute atomic E-state index is 12.6. The van der Waals surface area contributed by atoms with Crippen LogP contribution < -0.4 is 4.74 Å². The molecule has 2 N–H and O–H groups in total. The van der Waals surface area contributed by atoms with E-state index in [4.69, 9.17) is 9.84 Å². The van der Waals surface area contributed by atoms with Crippen LogP contribution in [-0.2, 0) is 6.18 Å². The summed E-state index contributed by atoms with van der Waals surface area (Å²) in [5.41, 5.74) is -0.768. The molecule has 1 aromatic rings. The molecule has 1 heterocycles. The first-order chi connectivity index (χ1) is 10.9. The van der Waals surface area contributed by atoms with Crippen LogP contribution in [0.15, 0.2) is 24.3 Å². The topological polar surface area (TPSA) is 52.9 Å². The molecule has 2 rings (SSSR count). The summed E-state index contributed by atoms with van der Waals surface area (Å²) in [5, 5.41) is 19.1. The van der Waals surface area contributed by atoms with Crippen LogP contribution in [0.2, 0.25) is 0 Å². The van der Waals surface area contributed by atoms with Gasteiger partial charge in [-0.3, -0.25) is 0 Å². The van der Waals surface area contributed by atoms with Crippen molar-refractivity contribution in [2.24, 2.45) is 5.92 Å². The second-order valence-corrected chi connectivity index (χ2v) is 5.92. The Labute approximate surface area is 133 Å². The molecule has 0 aliphatic carbocycles. The summed E-state index contributed by atoms with van der Waals surface area (Å²) in [6.45, 7) is 2.14. The summed E-state index contributed by atoms with van der Waals surface area (Å²) in [6.07, 6.45) is -3.40. The van der Waals surface area contributed by atoms with Gasteiger partial charge in [-0.15, -0.1) is 0 Å². The van der Waals surface area contributed by atoms with Gasteiger partial charge in [0.25, 0.3) is 0 Å². The van der Waals surface area contributed by atoms with Crippen LogP contribution in [0.1, 0.15) is 18.4 Å². The lowest BCUT2D eigenvalue weighted by atomic mass is 9.98. The van der Waals surface area contributed by atoms with Gasteiger partial charge in [0.05, 0.1) is 5.56 Å². The Bertz CT molecular complexity index is 488. The number of alkyl halides is 3. The van der Waals surface area contributed by atoms with Gasteiger partial charge in [-0.2, -0.15) is 13.2 Å². The molecule has 4 nitrogen and oxygen atoms in total. The number of ether oxygens (including phenoxy) is 1. The van der Waals surface area contributed by atoms with Crippen molar-refractivity contribution in [1.82, 2.24) is 4.90 Å². The number of hydrogen-bond acceptors (Lipinski definition) is 4. The second kappa shape index (κ2) is 7.99. The standard InChI is InChI=1S/C16H22F3NO3/c17-16(18,19)13-2-1-3-15(8-13)23-11-14(22)9-20-6-4-12(10-21)5-7-20/h1-3,8,12,14,21-22H,4-7,9-11H2. The van der Waals surface area contributed by atoms with Gasteiger partial charge in [-0.1, -0.05) is 6.07 Å². The van der Waals surface area contributed by atoms with Crippen molar-refractivity contribution in [1.29, 1.82) is 0 Å². The normalized spacial score (nSPS) is 18.8. The molecule has 23 heavy (non-hydrogen) atoms. The van der Waals surface area contributed by atoms with E-state index in [1.54, 1.807) is 0 Å². The molecule has 7 heteroatoms. The molecule has 0 radical (unpaired) electrons. The van der Waals surface area contributed by atoms with Crippen LogP contribution in [0.5, 0.6) is 5.75 Å². The minimum Gasteiger partial charge on any atom is -0.491 e. The van der Waals surface area contributed by atoms with E-state index in [1.165, 1.54) is 12.1 Å². The summed E-state index contributed by atoms with van der Waals surface area (Å²) < 4.78 is 43.1. The molecule has 0 aromatic heterocycles. The van der Waals surface area contributed by atoms with Crippen molar-refractivity contribution < 1.29 is 28.1 Å². The van der Waals surface area contributed by atoms with Crippen LogP contribution in [0, 0.1) is 5.92 Å². The van der Waals surface area contributed by atoms with Gasteiger partial charge in [0.1, 0.15) is 18.5 Å². The van der Waals surface area contributed by atoms with E-state index in [0.717, 1.165) is 38.1 Å². The van der Waals surface area contributed by atoms with Gasteiger partial charge in [0.15, 0.2) is 0 Å². The van der Waals surface area contributed by atoms with Crippen LogP contribution in [0.3, 0.4) is 0 Å². The minimum atomic E-state index is -4.41. The number of aliphatic hydroxyl groups excluding tert-OH is 2. The quantitative estimate of drug-likeness (QED) is 0.838. The molecule has 0 saturated carbocycles. The van der Waals surface area contributed by atoms with E-state index in [1.807, 2.05) is 0 Å². The third-order valence-electron chi connectivity index (χ3n) is 4.04. The molecular formula is C16H22F3NO3. The third kappa shape index (κ3) is 5.67. The van der Waals surface area contributed by atoms with Crippen LogP contribution in [0.25, 0.3) is 0 Å². The fourth-order valence-electron chi connectivity index (χ4n) is 2.66. The molecule has 0 amide bonds. The number of halogens is 3. The maximum atomic E-state index is 12.6. The molecule has 1 aromatic carbocycles. The zero-order valence-corrected chi connectivity index (χ0v) is 12.8. The maximum Gasteiger partial charge on any atom is 0.416 e. The highest BCUT2D eigenvalue weighted by molar-refractivity contribution is 5.30. The average molecular weight is 333 g/mol. The van der Waals surface area contributed by atoms with E-state index < -0.39 is 17.8 Å². The molecule has 1 atom stereocenters. The predicted octanol–water partition coefficient (Wildman–Crippen LogP) is 2.15. The van der Waals surface area contributed by atoms with Gasteiger partial charge in [-0.25, -0.2) is 0 Å². The minimum absolute atomic E-state index is 0.0543. The van der Waals surface area contributed by atoms with E-state index in [2.05, 4.69) is 4.90 Å². The Kier molecular flexibility index (Phi) is 6.26. The van der Waals surface area contributed by atoms with Gasteiger partial charge < -0.3 is 19.8 Å². The van der Waals surface area contributed by atoms with Gasteiger partial charge in [-0.05, 0) is 50.0 Å². The summed E-state index contributed by atoms with van der Waals surface area (Å²) in [4.78, 5) is 2.08. The molecule has 1 fully saturated rings. The number of β-amino-alcohol motifs (C(OH)–C–C–N with tert-alkyl or cyclic N) is 1. The number of hydrogen-bond donors (Lipinski definition) is 2. The highest BCUT2D eigenvalue weighted by atomic mass is 19.4. The van der Waals surface area contributed by atoms with Gasteiger partial charge in [0, 0.05) is 13.2 Å². The molecule has 1 unspecified atom stereocenters. The van der Waals surface area contributed by atoms with E-state index in [-0.39, 0.29) is 19.0 Å². The zero-order chi connectivity index (χ0) is 16.9. The summed E-state index contributed by atoms with van der Waals surface area (Å²) in [6, 6.07) is 4.63. The van der Waals surface area contributed by atoms with E-state index in [0.29, 0.717) is 12.5 Å². The van der Waals surface area contributed by atoms with Gasteiger partial charge >= 0.3 is 6.18 Å². The third-order valence-corrected chi connectivity index (χ3v) is 4.04. The number of piperidine rings is 1. The molecule has 0 bridgehead atoms. The molecule has 1 aliphatic rings. The molecule has 130 valence electrons. The van der Waals surface area contributed by atoms with Crippen LogP contribution in [0.4, 0.5) is 13.2 Å². The summed E-state index contributed by atoms with van der Waals surface area (Å²) >= 11 is 0. The largest absolute Gasteiger partial charge is 0.491 e. The first-order valence-electron chi connectivity index (χ1n) is 7.70. The number of rotatable bonds is 6. The number of likely N-dealkylation sites (tertiary alicyclic amines) is 1. The van der Waals surface area contributed by atoms with Crippen molar-refractivity contribution in [3.63, 3.8) is 0 Å². The highest BCUT2D eigenvalue weighted by Crippen LogP contribution is 2.31. The van der Waals surface area contributed by atoms with E-state index in [9.17, 15) is 18.3 Å². The van der Waals surface area contributed by atoms with E-state index >= 15 is 0 Å². The Morgan fingerprint density at radius 3 is 2.57 bits per heavy atom. The molecule has 0 spiro atoms. The predicted molar refractivity (Wildman–Crippen MR) is 79.2 cm³/mol. The highest BCUT2D eigenvalue weighted by Gasteiger charge is 2.30. The lowest BCUT2D eigenvalue weighted by molar-refractivity contribution is -0.137. The first kappa shape index (κ1) is 18.0. The van der Waals surface area contributed by atoms with Crippen LogP contribution in [-0.4, -0.2) is 54.1 Å². The smallest absolute Gasteiger partial charge is 0.416 e. The Balaban J connectivity index is 1.77. The monoisotopic (exact) mass is 333 g/mol. The molecule has 1 saturated heterocycles. The fraction of sp³-hybridized carbons (Fsp3) is 0.625. The van der Waals surface area contributed by atoms with Gasteiger partial charge in [0.2, 0.25) is 0 Å². The lowest BCUT2D eigenvalue weighted by Gasteiger charge is -2.32. The second-order valence-electron chi connectivity index (χ2n) is 5.92. The number of aliphatic hydroxyl groups is 2. The first-order valence-corrected chi connectivity index (χ1v) is 7.70.